The number of nitrogens with one attached hydrogen (secondary N) is 1. The van der Waals surface area contributed by atoms with Crippen LogP contribution < -0.4 is 5.32 Å². The predicted octanol–water partition coefficient (Wildman–Crippen LogP) is 3.37. The highest BCUT2D eigenvalue weighted by Gasteiger charge is 2.08. The first-order valence-electron chi connectivity index (χ1n) is 8.47. The van der Waals surface area contributed by atoms with Crippen LogP contribution >= 0.6 is 0 Å². The minimum Gasteiger partial charge on any atom is -0.462 e. The number of amides is 1. The first-order chi connectivity index (χ1) is 13.0. The number of esters is 2. The van der Waals surface area contributed by atoms with Gasteiger partial charge in [0.1, 0.15) is 0 Å². The summed E-state index contributed by atoms with van der Waals surface area (Å²) in [6, 6.07) is 13.8. The van der Waals surface area contributed by atoms with Gasteiger partial charge < -0.3 is 14.8 Å². The van der Waals surface area contributed by atoms with E-state index in [1.807, 2.05) is 31.2 Å². The fraction of sp³-hybridized carbons (Fsp3) is 0.190. The molecule has 0 aliphatic rings. The Bertz CT molecular complexity index is 840. The van der Waals surface area contributed by atoms with E-state index in [-0.39, 0.29) is 0 Å². The van der Waals surface area contributed by atoms with Gasteiger partial charge >= 0.3 is 11.9 Å². The van der Waals surface area contributed by atoms with Gasteiger partial charge in [-0.25, -0.2) is 9.59 Å². The molecular weight excluding hydrogens is 346 g/mol. The lowest BCUT2D eigenvalue weighted by Gasteiger charge is -2.06. The molecule has 140 valence electrons. The van der Waals surface area contributed by atoms with Gasteiger partial charge in [0, 0.05) is 11.8 Å². The predicted molar refractivity (Wildman–Crippen MR) is 102 cm³/mol. The van der Waals surface area contributed by atoms with Gasteiger partial charge in [0.15, 0.2) is 6.61 Å². The fourth-order valence-corrected chi connectivity index (χ4v) is 2.22. The van der Waals surface area contributed by atoms with Gasteiger partial charge in [-0.15, -0.1) is 0 Å². The molecule has 0 spiro atoms. The molecule has 6 nitrogen and oxygen atoms in total. The van der Waals surface area contributed by atoms with Gasteiger partial charge in [-0.1, -0.05) is 24.3 Å². The van der Waals surface area contributed by atoms with Crippen molar-refractivity contribution in [3.8, 4) is 0 Å². The van der Waals surface area contributed by atoms with E-state index in [2.05, 4.69) is 5.32 Å². The highest BCUT2D eigenvalue weighted by atomic mass is 16.5. The Labute approximate surface area is 157 Å². The van der Waals surface area contributed by atoms with E-state index in [1.54, 1.807) is 37.3 Å². The molecule has 0 atom stereocenters. The topological polar surface area (TPSA) is 81.7 Å². The van der Waals surface area contributed by atoms with Crippen molar-refractivity contribution in [1.82, 2.24) is 0 Å². The van der Waals surface area contributed by atoms with Crippen molar-refractivity contribution in [2.24, 2.45) is 0 Å². The molecular formula is C21H21NO5. The summed E-state index contributed by atoms with van der Waals surface area (Å²) in [5.41, 5.74) is 2.81. The van der Waals surface area contributed by atoms with Crippen LogP contribution in [-0.2, 0) is 19.1 Å². The van der Waals surface area contributed by atoms with Gasteiger partial charge in [-0.3, -0.25) is 4.79 Å². The smallest absolute Gasteiger partial charge is 0.338 e. The first-order valence-corrected chi connectivity index (χ1v) is 8.47. The van der Waals surface area contributed by atoms with Gasteiger partial charge in [-0.2, -0.15) is 0 Å². The van der Waals surface area contributed by atoms with E-state index in [1.165, 1.54) is 6.08 Å². The van der Waals surface area contributed by atoms with Crippen LogP contribution in [0.2, 0.25) is 0 Å². The summed E-state index contributed by atoms with van der Waals surface area (Å²) in [4.78, 5) is 35.2. The highest BCUT2D eigenvalue weighted by Crippen LogP contribution is 2.11. The molecule has 0 saturated carbocycles. The molecule has 0 unspecified atom stereocenters. The lowest BCUT2D eigenvalue weighted by molar-refractivity contribution is -0.142. The molecule has 0 aliphatic carbocycles. The van der Waals surface area contributed by atoms with Gasteiger partial charge in [0.05, 0.1) is 12.2 Å². The van der Waals surface area contributed by atoms with Crippen LogP contribution in [0.15, 0.2) is 54.6 Å². The maximum absolute atomic E-state index is 11.9. The number of hydrogen-bond donors (Lipinski definition) is 1. The number of hydrogen-bond acceptors (Lipinski definition) is 5. The number of carbonyl (C=O) groups excluding carboxylic acids is 3. The van der Waals surface area contributed by atoms with Gasteiger partial charge in [0.25, 0.3) is 5.91 Å². The van der Waals surface area contributed by atoms with E-state index in [0.717, 1.165) is 11.1 Å². The molecule has 0 aliphatic heterocycles. The minimum absolute atomic E-state index is 0.293. The third kappa shape index (κ3) is 6.43. The van der Waals surface area contributed by atoms with Crippen molar-refractivity contribution in [1.29, 1.82) is 0 Å². The van der Waals surface area contributed by atoms with E-state index >= 15 is 0 Å². The first kappa shape index (κ1) is 19.9. The molecule has 2 rings (SSSR count). The van der Waals surface area contributed by atoms with Crippen molar-refractivity contribution >= 4 is 29.6 Å². The Morgan fingerprint density at radius 3 is 2.37 bits per heavy atom. The maximum atomic E-state index is 11.9. The highest BCUT2D eigenvalue weighted by molar-refractivity contribution is 5.95. The molecule has 2 aromatic rings. The molecule has 6 heteroatoms. The van der Waals surface area contributed by atoms with Crippen LogP contribution in [0.25, 0.3) is 6.08 Å². The number of rotatable bonds is 7. The number of anilines is 1. The number of aryl methyl sites for hydroxylation is 1. The summed E-state index contributed by atoms with van der Waals surface area (Å²) in [6.07, 6.45) is 2.92. The zero-order valence-corrected chi connectivity index (χ0v) is 15.2. The van der Waals surface area contributed by atoms with Crippen molar-refractivity contribution in [3.05, 3.63) is 71.3 Å². The number of benzene rings is 2. The Kier molecular flexibility index (Phi) is 7.31. The molecule has 0 aromatic heterocycles. The SMILES string of the molecule is CCOC(=O)c1ccc(NC(=O)COC(=O)/C=C/c2ccccc2C)cc1. The van der Waals surface area contributed by atoms with E-state index in [0.29, 0.717) is 17.9 Å². The second-order valence-corrected chi connectivity index (χ2v) is 5.64. The number of carbonyl (C=O) groups is 3. The summed E-state index contributed by atoms with van der Waals surface area (Å²) in [7, 11) is 0. The summed E-state index contributed by atoms with van der Waals surface area (Å²) < 4.78 is 9.81. The molecule has 1 amide bonds. The molecule has 0 heterocycles. The van der Waals surface area contributed by atoms with E-state index < -0.39 is 24.5 Å². The lowest BCUT2D eigenvalue weighted by atomic mass is 10.1. The Balaban J connectivity index is 1.81. The molecule has 0 fully saturated rings. The second kappa shape index (κ2) is 9.91. The molecule has 0 bridgehead atoms. The van der Waals surface area contributed by atoms with Crippen molar-refractivity contribution in [2.75, 3.05) is 18.5 Å². The standard InChI is InChI=1S/C21H21NO5/c1-3-26-21(25)17-8-11-18(12-9-17)22-19(23)14-27-20(24)13-10-16-7-5-4-6-15(16)2/h4-13H,3,14H2,1-2H3,(H,22,23)/b13-10+. The third-order valence-corrected chi connectivity index (χ3v) is 3.61. The lowest BCUT2D eigenvalue weighted by Crippen LogP contribution is -2.20. The van der Waals surface area contributed by atoms with Crippen LogP contribution in [0, 0.1) is 6.92 Å². The average molecular weight is 367 g/mol. The van der Waals surface area contributed by atoms with Crippen LogP contribution in [0.3, 0.4) is 0 Å². The fourth-order valence-electron chi connectivity index (χ4n) is 2.22. The summed E-state index contributed by atoms with van der Waals surface area (Å²) >= 11 is 0. The Hall–Kier alpha value is -3.41. The quantitative estimate of drug-likeness (QED) is 0.599. The zero-order chi connectivity index (χ0) is 19.6. The maximum Gasteiger partial charge on any atom is 0.338 e. The summed E-state index contributed by atoms with van der Waals surface area (Å²) in [6.45, 7) is 3.55. The minimum atomic E-state index is -0.605. The van der Waals surface area contributed by atoms with Crippen molar-refractivity contribution in [2.45, 2.75) is 13.8 Å². The van der Waals surface area contributed by atoms with Crippen LogP contribution in [0.4, 0.5) is 5.69 Å². The zero-order valence-electron chi connectivity index (χ0n) is 15.2. The monoisotopic (exact) mass is 367 g/mol. The van der Waals surface area contributed by atoms with E-state index in [9.17, 15) is 14.4 Å². The van der Waals surface area contributed by atoms with Gasteiger partial charge in [-0.05, 0) is 55.3 Å². The average Bonchev–Trinajstić information content (AvgIpc) is 2.66. The van der Waals surface area contributed by atoms with Crippen molar-refractivity contribution < 1.29 is 23.9 Å². The Morgan fingerprint density at radius 2 is 1.70 bits per heavy atom. The largest absolute Gasteiger partial charge is 0.462 e. The van der Waals surface area contributed by atoms with E-state index in [4.69, 9.17) is 9.47 Å². The summed E-state index contributed by atoms with van der Waals surface area (Å²) in [5, 5.41) is 2.59. The third-order valence-electron chi connectivity index (χ3n) is 3.61. The second-order valence-electron chi connectivity index (χ2n) is 5.64. The van der Waals surface area contributed by atoms with Crippen LogP contribution in [-0.4, -0.2) is 31.1 Å². The Morgan fingerprint density at radius 1 is 1.00 bits per heavy atom. The van der Waals surface area contributed by atoms with Gasteiger partial charge in [0.2, 0.25) is 0 Å². The van der Waals surface area contributed by atoms with Crippen molar-refractivity contribution in [3.63, 3.8) is 0 Å². The molecule has 2 aromatic carbocycles. The molecule has 27 heavy (non-hydrogen) atoms. The molecule has 0 saturated heterocycles. The normalized spacial score (nSPS) is 10.4. The summed E-state index contributed by atoms with van der Waals surface area (Å²) in [5.74, 6) is -1.51. The van der Waals surface area contributed by atoms with Crippen LogP contribution in [0.5, 0.6) is 0 Å². The molecule has 1 N–H and O–H groups in total. The van der Waals surface area contributed by atoms with Crippen LogP contribution in [0.1, 0.15) is 28.4 Å². The number of ether oxygens (including phenoxy) is 2. The molecule has 0 radical (unpaired) electrons.